The van der Waals surface area contributed by atoms with Gasteiger partial charge >= 0.3 is 12.0 Å². The van der Waals surface area contributed by atoms with E-state index in [4.69, 9.17) is 9.47 Å². The van der Waals surface area contributed by atoms with Crippen molar-refractivity contribution in [2.45, 2.75) is 45.6 Å². The SMILES string of the molecule is CNc1nc(OC)nc(OC2CCC(C)(C)CC2)n1. The number of nitrogens with one attached hydrogen (secondary N) is 1. The van der Waals surface area contributed by atoms with Crippen molar-refractivity contribution < 1.29 is 9.47 Å². The second kappa shape index (κ2) is 5.59. The predicted octanol–water partition coefficient (Wildman–Crippen LogP) is 2.27. The van der Waals surface area contributed by atoms with E-state index in [2.05, 4.69) is 34.1 Å². The Balaban J connectivity index is 2.03. The minimum absolute atomic E-state index is 0.185. The van der Waals surface area contributed by atoms with Gasteiger partial charge in [-0.05, 0) is 31.1 Å². The average Bonchev–Trinajstić information content (AvgIpc) is 2.40. The molecule has 1 heterocycles. The maximum Gasteiger partial charge on any atom is 0.324 e. The molecule has 6 nitrogen and oxygen atoms in total. The fourth-order valence-electron chi connectivity index (χ4n) is 2.23. The van der Waals surface area contributed by atoms with Crippen LogP contribution in [-0.4, -0.2) is 35.2 Å². The standard InChI is InChI=1S/C13H22N4O2/c1-13(2)7-5-9(6-8-13)19-12-16-10(14-3)15-11(17-12)18-4/h9H,5-8H2,1-4H3,(H,14,15,16,17). The molecule has 6 heteroatoms. The van der Waals surface area contributed by atoms with Gasteiger partial charge < -0.3 is 14.8 Å². The lowest BCUT2D eigenvalue weighted by molar-refractivity contribution is 0.0897. The second-order valence-electron chi connectivity index (χ2n) is 5.66. The van der Waals surface area contributed by atoms with Gasteiger partial charge in [-0.1, -0.05) is 13.8 Å². The van der Waals surface area contributed by atoms with Crippen LogP contribution in [0, 0.1) is 5.41 Å². The highest BCUT2D eigenvalue weighted by Gasteiger charge is 2.28. The van der Waals surface area contributed by atoms with Crippen LogP contribution in [0.4, 0.5) is 5.95 Å². The molecule has 1 aromatic rings. The molecule has 0 amide bonds. The molecule has 1 aliphatic carbocycles. The Labute approximate surface area is 114 Å². The number of ether oxygens (including phenoxy) is 2. The lowest BCUT2D eigenvalue weighted by Crippen LogP contribution is -2.29. The summed E-state index contributed by atoms with van der Waals surface area (Å²) in [6.07, 6.45) is 4.59. The minimum Gasteiger partial charge on any atom is -0.467 e. The van der Waals surface area contributed by atoms with Gasteiger partial charge in [0.2, 0.25) is 5.95 Å². The summed E-state index contributed by atoms with van der Waals surface area (Å²) < 4.78 is 10.9. The lowest BCUT2D eigenvalue weighted by Gasteiger charge is -2.33. The molecule has 0 unspecified atom stereocenters. The zero-order valence-corrected chi connectivity index (χ0v) is 12.1. The topological polar surface area (TPSA) is 69.2 Å². The number of anilines is 1. The van der Waals surface area contributed by atoms with Crippen LogP contribution >= 0.6 is 0 Å². The Morgan fingerprint density at radius 2 is 1.74 bits per heavy atom. The van der Waals surface area contributed by atoms with Crippen LogP contribution in [0.2, 0.25) is 0 Å². The van der Waals surface area contributed by atoms with Gasteiger partial charge in [0.25, 0.3) is 0 Å². The number of aromatic nitrogens is 3. The Bertz CT molecular complexity index is 404. The number of nitrogens with zero attached hydrogens (tertiary/aromatic N) is 3. The lowest BCUT2D eigenvalue weighted by atomic mass is 9.76. The molecule has 1 aromatic heterocycles. The van der Waals surface area contributed by atoms with Crippen LogP contribution < -0.4 is 14.8 Å². The van der Waals surface area contributed by atoms with Gasteiger partial charge in [-0.2, -0.15) is 9.97 Å². The smallest absolute Gasteiger partial charge is 0.324 e. The first-order valence-electron chi connectivity index (χ1n) is 6.67. The fraction of sp³-hybridized carbons (Fsp3) is 0.769. The molecule has 106 valence electrons. The molecule has 19 heavy (non-hydrogen) atoms. The van der Waals surface area contributed by atoms with Crippen molar-refractivity contribution in [3.63, 3.8) is 0 Å². The first-order valence-corrected chi connectivity index (χ1v) is 6.67. The fourth-order valence-corrected chi connectivity index (χ4v) is 2.23. The third-order valence-electron chi connectivity index (χ3n) is 3.56. The van der Waals surface area contributed by atoms with Gasteiger partial charge in [-0.25, -0.2) is 0 Å². The highest BCUT2D eigenvalue weighted by atomic mass is 16.5. The third-order valence-corrected chi connectivity index (χ3v) is 3.56. The second-order valence-corrected chi connectivity index (χ2v) is 5.66. The van der Waals surface area contributed by atoms with E-state index in [1.165, 1.54) is 20.0 Å². The summed E-state index contributed by atoms with van der Waals surface area (Å²) in [5.41, 5.74) is 0.423. The molecule has 0 bridgehead atoms. The van der Waals surface area contributed by atoms with E-state index in [1.54, 1.807) is 7.05 Å². The van der Waals surface area contributed by atoms with Crippen LogP contribution in [0.1, 0.15) is 39.5 Å². The number of rotatable bonds is 4. The highest BCUT2D eigenvalue weighted by molar-refractivity contribution is 5.26. The number of methoxy groups -OCH3 is 1. The molecule has 0 aromatic carbocycles. The molecule has 2 rings (SSSR count). The van der Waals surface area contributed by atoms with E-state index in [0.29, 0.717) is 17.4 Å². The van der Waals surface area contributed by atoms with Crippen LogP contribution in [0.25, 0.3) is 0 Å². The molecule has 1 aliphatic rings. The van der Waals surface area contributed by atoms with Crippen molar-refractivity contribution >= 4 is 5.95 Å². The van der Waals surface area contributed by atoms with E-state index < -0.39 is 0 Å². The minimum atomic E-state index is 0.185. The van der Waals surface area contributed by atoms with Gasteiger partial charge in [-0.3, -0.25) is 0 Å². The van der Waals surface area contributed by atoms with Crippen LogP contribution in [0.15, 0.2) is 0 Å². The summed E-state index contributed by atoms with van der Waals surface area (Å²) >= 11 is 0. The van der Waals surface area contributed by atoms with Crippen LogP contribution in [0.5, 0.6) is 12.0 Å². The summed E-state index contributed by atoms with van der Waals surface area (Å²) in [6, 6.07) is 0.603. The van der Waals surface area contributed by atoms with Crippen molar-refractivity contribution in [3.05, 3.63) is 0 Å². The highest BCUT2D eigenvalue weighted by Crippen LogP contribution is 2.36. The molecule has 0 saturated heterocycles. The molecule has 1 saturated carbocycles. The van der Waals surface area contributed by atoms with Crippen LogP contribution in [-0.2, 0) is 0 Å². The van der Waals surface area contributed by atoms with Gasteiger partial charge in [0.15, 0.2) is 0 Å². The largest absolute Gasteiger partial charge is 0.467 e. The Kier molecular flexibility index (Phi) is 4.07. The molecule has 1 N–H and O–H groups in total. The average molecular weight is 266 g/mol. The van der Waals surface area contributed by atoms with E-state index in [9.17, 15) is 0 Å². The Hall–Kier alpha value is -1.59. The van der Waals surface area contributed by atoms with Crippen molar-refractivity contribution in [3.8, 4) is 12.0 Å². The monoisotopic (exact) mass is 266 g/mol. The van der Waals surface area contributed by atoms with Crippen LogP contribution in [0.3, 0.4) is 0 Å². The summed E-state index contributed by atoms with van der Waals surface area (Å²) in [5, 5.41) is 2.87. The van der Waals surface area contributed by atoms with Crippen molar-refractivity contribution in [2.75, 3.05) is 19.5 Å². The van der Waals surface area contributed by atoms with E-state index in [-0.39, 0.29) is 12.1 Å². The molecular weight excluding hydrogens is 244 g/mol. The molecule has 1 fully saturated rings. The summed E-state index contributed by atoms with van der Waals surface area (Å²) in [5.74, 6) is 0.456. The summed E-state index contributed by atoms with van der Waals surface area (Å²) in [4.78, 5) is 12.4. The van der Waals surface area contributed by atoms with E-state index in [0.717, 1.165) is 12.8 Å². The van der Waals surface area contributed by atoms with Crippen molar-refractivity contribution in [1.82, 2.24) is 15.0 Å². The van der Waals surface area contributed by atoms with Crippen molar-refractivity contribution in [1.29, 1.82) is 0 Å². The number of hydrogen-bond acceptors (Lipinski definition) is 6. The molecule has 0 aliphatic heterocycles. The quantitative estimate of drug-likeness (QED) is 0.901. The van der Waals surface area contributed by atoms with Gasteiger partial charge in [0, 0.05) is 7.05 Å². The first-order chi connectivity index (χ1) is 9.02. The zero-order valence-electron chi connectivity index (χ0n) is 12.1. The maximum absolute atomic E-state index is 5.85. The first kappa shape index (κ1) is 13.8. The number of hydrogen-bond donors (Lipinski definition) is 1. The summed E-state index contributed by atoms with van der Waals surface area (Å²) in [7, 11) is 3.28. The van der Waals surface area contributed by atoms with Gasteiger partial charge in [0.1, 0.15) is 6.10 Å². The molecular formula is C13H22N4O2. The zero-order chi connectivity index (χ0) is 13.9. The molecule has 0 atom stereocenters. The normalized spacial score (nSPS) is 18.9. The molecule has 0 spiro atoms. The van der Waals surface area contributed by atoms with Gasteiger partial charge in [-0.15, -0.1) is 4.98 Å². The van der Waals surface area contributed by atoms with Crippen molar-refractivity contribution in [2.24, 2.45) is 5.41 Å². The Morgan fingerprint density at radius 3 is 2.32 bits per heavy atom. The molecule has 0 radical (unpaired) electrons. The Morgan fingerprint density at radius 1 is 1.11 bits per heavy atom. The van der Waals surface area contributed by atoms with Gasteiger partial charge in [0.05, 0.1) is 7.11 Å². The summed E-state index contributed by atoms with van der Waals surface area (Å²) in [6.45, 7) is 4.60. The predicted molar refractivity (Wildman–Crippen MR) is 72.6 cm³/mol. The van der Waals surface area contributed by atoms with E-state index >= 15 is 0 Å². The van der Waals surface area contributed by atoms with E-state index in [1.807, 2.05) is 0 Å². The third kappa shape index (κ3) is 3.68. The maximum atomic E-state index is 5.85.